The van der Waals surface area contributed by atoms with Crippen LogP contribution in [-0.2, 0) is 17.9 Å². The maximum Gasteiger partial charge on any atom is 0.329 e. The Bertz CT molecular complexity index is 1290. The van der Waals surface area contributed by atoms with Gasteiger partial charge in [0.2, 0.25) is 0 Å². The van der Waals surface area contributed by atoms with Crippen LogP contribution in [0.5, 0.6) is 11.5 Å². The maximum atomic E-state index is 14.0. The van der Waals surface area contributed by atoms with Crippen molar-refractivity contribution < 1.29 is 23.5 Å². The van der Waals surface area contributed by atoms with Gasteiger partial charge in [0.05, 0.1) is 17.6 Å². The van der Waals surface area contributed by atoms with Crippen molar-refractivity contribution in [3.8, 4) is 11.5 Å². The fourth-order valence-electron chi connectivity index (χ4n) is 3.59. The summed E-state index contributed by atoms with van der Waals surface area (Å²) in [5.74, 6) is 0.0300. The molecular weight excluding hydrogens is 515 g/mol. The van der Waals surface area contributed by atoms with Gasteiger partial charge in [0.25, 0.3) is 5.91 Å². The van der Waals surface area contributed by atoms with Crippen LogP contribution < -0.4 is 14.8 Å². The van der Waals surface area contributed by atoms with E-state index in [0.717, 1.165) is 10.5 Å². The summed E-state index contributed by atoms with van der Waals surface area (Å²) >= 11 is 3.54. The number of ether oxygens (including phenoxy) is 2. The van der Waals surface area contributed by atoms with E-state index in [1.165, 1.54) is 11.6 Å². The monoisotopic (exact) mass is 538 g/mol. The Morgan fingerprint density at radius 3 is 2.51 bits per heavy atom. The Kier molecular flexibility index (Phi) is 7.51. The van der Waals surface area contributed by atoms with Gasteiger partial charge in [-0.15, -0.1) is 0 Å². The van der Waals surface area contributed by atoms with Crippen LogP contribution in [0.4, 0.5) is 9.18 Å². The van der Waals surface area contributed by atoms with Crippen molar-refractivity contribution in [1.29, 1.82) is 0 Å². The first-order valence-electron chi connectivity index (χ1n) is 11.1. The van der Waals surface area contributed by atoms with Gasteiger partial charge in [0.1, 0.15) is 18.1 Å². The van der Waals surface area contributed by atoms with E-state index in [9.17, 15) is 14.0 Å². The molecule has 1 fully saturated rings. The minimum absolute atomic E-state index is 0.0917. The number of imide groups is 1. The molecule has 1 heterocycles. The number of amides is 3. The van der Waals surface area contributed by atoms with Gasteiger partial charge in [-0.2, -0.15) is 0 Å². The lowest BCUT2D eigenvalue weighted by Crippen LogP contribution is -2.30. The van der Waals surface area contributed by atoms with E-state index in [1.807, 2.05) is 38.1 Å². The van der Waals surface area contributed by atoms with Gasteiger partial charge in [-0.25, -0.2) is 9.18 Å². The van der Waals surface area contributed by atoms with E-state index >= 15 is 0 Å². The van der Waals surface area contributed by atoms with Gasteiger partial charge in [-0.1, -0.05) is 48.0 Å². The molecule has 1 aliphatic heterocycles. The van der Waals surface area contributed by atoms with Crippen molar-refractivity contribution in [3.05, 3.63) is 98.9 Å². The van der Waals surface area contributed by atoms with Crippen molar-refractivity contribution >= 4 is 33.9 Å². The van der Waals surface area contributed by atoms with Crippen LogP contribution in [0.25, 0.3) is 6.08 Å². The molecule has 1 aliphatic rings. The Morgan fingerprint density at radius 1 is 1.06 bits per heavy atom. The molecule has 0 unspecified atom stereocenters. The van der Waals surface area contributed by atoms with Crippen molar-refractivity contribution in [1.82, 2.24) is 10.2 Å². The summed E-state index contributed by atoms with van der Waals surface area (Å²) in [6.45, 7) is 4.51. The van der Waals surface area contributed by atoms with E-state index in [2.05, 4.69) is 21.2 Å². The summed E-state index contributed by atoms with van der Waals surface area (Å²) in [6, 6.07) is 17.0. The highest BCUT2D eigenvalue weighted by molar-refractivity contribution is 9.10. The second-order valence-electron chi connectivity index (χ2n) is 8.01. The molecule has 4 rings (SSSR count). The number of urea groups is 1. The highest BCUT2D eigenvalue weighted by Gasteiger charge is 2.34. The molecule has 0 radical (unpaired) electrons. The maximum absolute atomic E-state index is 14.0. The molecule has 0 spiro atoms. The Labute approximate surface area is 211 Å². The number of carbonyl (C=O) groups excluding carboxylic acids is 2. The molecule has 3 amide bonds. The molecular formula is C27H24BrFN2O4. The number of hydrogen-bond acceptors (Lipinski definition) is 4. The van der Waals surface area contributed by atoms with E-state index < -0.39 is 17.8 Å². The standard InChI is InChI=1S/C27H24BrFN2O4/c1-3-34-24-14-19(12-21(28)25(24)35-16-18-10-8-17(2)9-11-18)13-23-26(32)31(27(33)30-23)15-20-6-4-5-7-22(20)29/h4-14H,3,15-16H2,1-2H3,(H,30,33)/b23-13+. The summed E-state index contributed by atoms with van der Waals surface area (Å²) in [5.41, 5.74) is 3.16. The minimum atomic E-state index is -0.605. The molecule has 1 saturated heterocycles. The van der Waals surface area contributed by atoms with Gasteiger partial charge in [-0.05, 0) is 65.2 Å². The van der Waals surface area contributed by atoms with Crippen molar-refractivity contribution in [2.75, 3.05) is 6.61 Å². The number of hydrogen-bond donors (Lipinski definition) is 1. The van der Waals surface area contributed by atoms with E-state index in [1.54, 1.807) is 36.4 Å². The van der Waals surface area contributed by atoms with Crippen LogP contribution in [0.2, 0.25) is 0 Å². The van der Waals surface area contributed by atoms with E-state index in [4.69, 9.17) is 9.47 Å². The van der Waals surface area contributed by atoms with Gasteiger partial charge >= 0.3 is 6.03 Å². The first-order chi connectivity index (χ1) is 16.9. The number of nitrogens with zero attached hydrogens (tertiary/aromatic N) is 1. The summed E-state index contributed by atoms with van der Waals surface area (Å²) in [5, 5.41) is 2.57. The molecule has 3 aromatic carbocycles. The third-order valence-corrected chi connectivity index (χ3v) is 5.98. The smallest absolute Gasteiger partial charge is 0.329 e. The zero-order valence-corrected chi connectivity index (χ0v) is 20.9. The Morgan fingerprint density at radius 2 is 1.80 bits per heavy atom. The van der Waals surface area contributed by atoms with Crippen LogP contribution in [0.1, 0.15) is 29.2 Å². The predicted octanol–water partition coefficient (Wildman–Crippen LogP) is 5.97. The molecule has 0 bridgehead atoms. The van der Waals surface area contributed by atoms with E-state index in [-0.39, 0.29) is 17.8 Å². The van der Waals surface area contributed by atoms with Crippen LogP contribution >= 0.6 is 15.9 Å². The van der Waals surface area contributed by atoms with Gasteiger partial charge < -0.3 is 14.8 Å². The fourth-order valence-corrected chi connectivity index (χ4v) is 4.17. The summed E-state index contributed by atoms with van der Waals surface area (Å²) in [7, 11) is 0. The van der Waals surface area contributed by atoms with Crippen LogP contribution in [0.3, 0.4) is 0 Å². The van der Waals surface area contributed by atoms with Gasteiger partial charge in [0.15, 0.2) is 11.5 Å². The van der Waals surface area contributed by atoms with Crippen molar-refractivity contribution in [2.24, 2.45) is 0 Å². The molecule has 35 heavy (non-hydrogen) atoms. The number of halogens is 2. The molecule has 0 atom stereocenters. The van der Waals surface area contributed by atoms with Gasteiger partial charge in [-0.3, -0.25) is 9.69 Å². The lowest BCUT2D eigenvalue weighted by molar-refractivity contribution is -0.123. The zero-order chi connectivity index (χ0) is 24.9. The van der Waals surface area contributed by atoms with Crippen LogP contribution in [-0.4, -0.2) is 23.4 Å². The number of carbonyl (C=O) groups is 2. The lowest BCUT2D eigenvalue weighted by atomic mass is 10.1. The number of benzene rings is 3. The zero-order valence-electron chi connectivity index (χ0n) is 19.3. The first-order valence-corrected chi connectivity index (χ1v) is 11.9. The predicted molar refractivity (Wildman–Crippen MR) is 134 cm³/mol. The SMILES string of the molecule is CCOc1cc(/C=C2/NC(=O)N(Cc3ccccc3F)C2=O)cc(Br)c1OCc1ccc(C)cc1. The van der Waals surface area contributed by atoms with Crippen molar-refractivity contribution in [3.63, 3.8) is 0 Å². The average molecular weight is 539 g/mol. The molecule has 0 saturated carbocycles. The topological polar surface area (TPSA) is 67.9 Å². The molecule has 3 aromatic rings. The van der Waals surface area contributed by atoms with Crippen molar-refractivity contribution in [2.45, 2.75) is 27.0 Å². The Hall–Kier alpha value is -3.65. The largest absolute Gasteiger partial charge is 0.490 e. The van der Waals surface area contributed by atoms with Crippen LogP contribution in [0.15, 0.2) is 70.8 Å². The van der Waals surface area contributed by atoms with Gasteiger partial charge in [0, 0.05) is 5.56 Å². The number of nitrogens with one attached hydrogen (secondary N) is 1. The molecule has 0 aromatic heterocycles. The second-order valence-corrected chi connectivity index (χ2v) is 8.86. The molecule has 0 aliphatic carbocycles. The molecule has 180 valence electrons. The molecule has 1 N–H and O–H groups in total. The second kappa shape index (κ2) is 10.7. The third-order valence-electron chi connectivity index (χ3n) is 5.40. The quantitative estimate of drug-likeness (QED) is 0.283. The number of aryl methyl sites for hydroxylation is 1. The van der Waals surface area contributed by atoms with Crippen LogP contribution in [0, 0.1) is 12.7 Å². The number of rotatable bonds is 8. The average Bonchev–Trinajstić information content (AvgIpc) is 3.08. The normalized spacial score (nSPS) is 14.4. The lowest BCUT2D eigenvalue weighted by Gasteiger charge is -2.15. The third kappa shape index (κ3) is 5.71. The van der Waals surface area contributed by atoms with E-state index in [0.29, 0.717) is 34.7 Å². The highest BCUT2D eigenvalue weighted by Crippen LogP contribution is 2.38. The molecule has 6 nitrogen and oxygen atoms in total. The summed E-state index contributed by atoms with van der Waals surface area (Å²) in [6.07, 6.45) is 1.55. The fraction of sp³-hybridized carbons (Fsp3) is 0.185. The molecule has 8 heteroatoms. The minimum Gasteiger partial charge on any atom is -0.490 e. The highest BCUT2D eigenvalue weighted by atomic mass is 79.9. The summed E-state index contributed by atoms with van der Waals surface area (Å²) < 4.78 is 26.5. The summed E-state index contributed by atoms with van der Waals surface area (Å²) in [4.78, 5) is 26.2. The Balaban J connectivity index is 1.55. The first kappa shape index (κ1) is 24.5.